The summed E-state index contributed by atoms with van der Waals surface area (Å²) >= 11 is 1.14. The van der Waals surface area contributed by atoms with Crippen molar-refractivity contribution in [2.75, 3.05) is 26.2 Å². The summed E-state index contributed by atoms with van der Waals surface area (Å²) in [6.07, 6.45) is -0.517. The molecule has 0 spiro atoms. The molecule has 1 amide bonds. The van der Waals surface area contributed by atoms with Gasteiger partial charge in [0.15, 0.2) is 19.7 Å². The number of hydrogen-bond donors (Lipinski definition) is 1. The van der Waals surface area contributed by atoms with Gasteiger partial charge >= 0.3 is 6.09 Å². The molecule has 9 heteroatoms. The number of thioether (sulfide) groups is 1. The van der Waals surface area contributed by atoms with Crippen molar-refractivity contribution in [3.63, 3.8) is 0 Å². The number of nitrogens with zero attached hydrogens (tertiary/aromatic N) is 2. The highest BCUT2D eigenvalue weighted by Gasteiger charge is 2.42. The molecule has 1 N–H and O–H groups in total. The molecule has 0 bridgehead atoms. The zero-order valence-electron chi connectivity index (χ0n) is 18.3. The van der Waals surface area contributed by atoms with Gasteiger partial charge in [0, 0.05) is 6.54 Å². The minimum absolute atomic E-state index is 0.0260. The number of rotatable bonds is 4. The monoisotopic (exact) mass is 430 g/mol. The second-order valence-electron chi connectivity index (χ2n) is 9.78. The fourth-order valence-electron chi connectivity index (χ4n) is 2.69. The van der Waals surface area contributed by atoms with Gasteiger partial charge in [-0.1, -0.05) is 32.5 Å². The molecule has 0 radical (unpaired) electrons. The van der Waals surface area contributed by atoms with Crippen molar-refractivity contribution in [3.8, 4) is 0 Å². The lowest BCUT2D eigenvalue weighted by molar-refractivity contribution is -0.116. The van der Waals surface area contributed by atoms with Crippen LogP contribution in [0, 0.1) is 0 Å². The Hall–Kier alpha value is -1.03. The Morgan fingerprint density at radius 1 is 1.21 bits per heavy atom. The summed E-state index contributed by atoms with van der Waals surface area (Å²) in [5, 5.41) is 10.6. The van der Waals surface area contributed by atoms with E-state index >= 15 is 0 Å². The maximum absolute atomic E-state index is 12.5. The van der Waals surface area contributed by atoms with Crippen LogP contribution < -0.4 is 0 Å². The summed E-state index contributed by atoms with van der Waals surface area (Å²) in [4.78, 5) is 28.6. The van der Waals surface area contributed by atoms with E-state index in [0.29, 0.717) is 23.8 Å². The largest absolute Gasteiger partial charge is 0.444 e. The second-order valence-corrected chi connectivity index (χ2v) is 15.7. The maximum Gasteiger partial charge on any atom is 0.411 e. The smallest absolute Gasteiger partial charge is 0.411 e. The number of ether oxygens (including phenoxy) is 1. The van der Waals surface area contributed by atoms with Crippen LogP contribution in [0.15, 0.2) is 10.6 Å². The van der Waals surface area contributed by atoms with E-state index in [1.165, 1.54) is 4.90 Å². The third-order valence-electron chi connectivity index (χ3n) is 5.28. The van der Waals surface area contributed by atoms with Gasteiger partial charge in [0.2, 0.25) is 0 Å². The number of ketones is 1. The fourth-order valence-corrected chi connectivity index (χ4v) is 4.81. The first-order valence-corrected chi connectivity index (χ1v) is 13.4. The number of aliphatic hydroxyl groups is 1. The number of carbonyl (C=O) groups excluding carboxylic acids is 2. The van der Waals surface area contributed by atoms with Gasteiger partial charge in [-0.3, -0.25) is 9.69 Å². The molecule has 0 aliphatic carbocycles. The predicted octanol–water partition coefficient (Wildman–Crippen LogP) is 3.36. The van der Waals surface area contributed by atoms with Crippen LogP contribution in [0.25, 0.3) is 0 Å². The standard InChI is InChI=1S/C19H34N2O5SSi/c1-18(2,3)26-16(23)20-11-13-15(14(22)12-20)27-17(24)21(13)9-10-25-28(7,8)19(4,5)6/h17,24H,9-12H2,1-8H3. The van der Waals surface area contributed by atoms with Gasteiger partial charge < -0.3 is 19.2 Å². The van der Waals surface area contributed by atoms with E-state index in [4.69, 9.17) is 9.16 Å². The van der Waals surface area contributed by atoms with E-state index in [1.54, 1.807) is 25.7 Å². The van der Waals surface area contributed by atoms with Crippen LogP contribution in [0.3, 0.4) is 0 Å². The number of amides is 1. The molecule has 2 aliphatic rings. The molecular weight excluding hydrogens is 396 g/mol. The molecule has 2 aliphatic heterocycles. The zero-order chi connectivity index (χ0) is 21.5. The average molecular weight is 431 g/mol. The fraction of sp³-hybridized carbons (Fsp3) is 0.789. The van der Waals surface area contributed by atoms with E-state index in [0.717, 1.165) is 11.8 Å². The average Bonchev–Trinajstić information content (AvgIpc) is 2.81. The SMILES string of the molecule is CC(C)(C)OC(=O)N1CC(=O)C2=C(C1)N(CCO[Si](C)(C)C(C)(C)C)C(O)S2. The minimum Gasteiger partial charge on any atom is -0.444 e. The quantitative estimate of drug-likeness (QED) is 0.685. The molecule has 1 atom stereocenters. The molecule has 0 fully saturated rings. The summed E-state index contributed by atoms with van der Waals surface area (Å²) in [5.41, 5.74) is -0.788. The number of hydrogen-bond acceptors (Lipinski definition) is 7. The molecule has 160 valence electrons. The van der Waals surface area contributed by atoms with Crippen LogP contribution >= 0.6 is 11.8 Å². The summed E-state index contributed by atoms with van der Waals surface area (Å²) in [7, 11) is -1.90. The summed E-state index contributed by atoms with van der Waals surface area (Å²) in [5.74, 6) is -0.163. The molecule has 2 rings (SSSR count). The molecule has 0 aromatic carbocycles. The highest BCUT2D eigenvalue weighted by molar-refractivity contribution is 8.04. The minimum atomic E-state index is -1.90. The lowest BCUT2D eigenvalue weighted by Gasteiger charge is -2.37. The van der Waals surface area contributed by atoms with Gasteiger partial charge in [-0.2, -0.15) is 0 Å². The van der Waals surface area contributed by atoms with Crippen molar-refractivity contribution in [3.05, 3.63) is 10.6 Å². The molecule has 2 heterocycles. The highest BCUT2D eigenvalue weighted by Crippen LogP contribution is 2.40. The van der Waals surface area contributed by atoms with Crippen LogP contribution in [0.1, 0.15) is 41.5 Å². The van der Waals surface area contributed by atoms with E-state index in [1.807, 2.05) is 0 Å². The van der Waals surface area contributed by atoms with Gasteiger partial charge in [-0.25, -0.2) is 4.79 Å². The van der Waals surface area contributed by atoms with Crippen molar-refractivity contribution >= 4 is 32.0 Å². The second kappa shape index (κ2) is 8.01. The summed E-state index contributed by atoms with van der Waals surface area (Å²) in [6, 6.07) is 0. The van der Waals surface area contributed by atoms with Crippen LogP contribution in [-0.2, 0) is 14.0 Å². The third kappa shape index (κ3) is 5.31. The lowest BCUT2D eigenvalue weighted by Crippen LogP contribution is -2.47. The first kappa shape index (κ1) is 23.2. The molecule has 0 saturated carbocycles. The van der Waals surface area contributed by atoms with Crippen molar-refractivity contribution in [2.45, 2.75) is 70.8 Å². The molecular formula is C19H34N2O5SSi. The molecule has 0 aromatic rings. The first-order valence-electron chi connectivity index (χ1n) is 9.62. The van der Waals surface area contributed by atoms with E-state index in [2.05, 4.69) is 33.9 Å². The van der Waals surface area contributed by atoms with Crippen molar-refractivity contribution in [1.29, 1.82) is 0 Å². The third-order valence-corrected chi connectivity index (χ3v) is 11.0. The van der Waals surface area contributed by atoms with E-state index in [9.17, 15) is 14.7 Å². The van der Waals surface area contributed by atoms with Gasteiger partial charge in [0.25, 0.3) is 0 Å². The first-order chi connectivity index (χ1) is 12.6. The molecule has 7 nitrogen and oxygen atoms in total. The van der Waals surface area contributed by atoms with Crippen molar-refractivity contribution in [2.24, 2.45) is 0 Å². The van der Waals surface area contributed by atoms with Crippen molar-refractivity contribution in [1.82, 2.24) is 9.80 Å². The normalized spacial score (nSPS) is 21.3. The predicted molar refractivity (Wildman–Crippen MR) is 113 cm³/mol. The van der Waals surface area contributed by atoms with Crippen LogP contribution in [0.4, 0.5) is 4.79 Å². The Bertz CT molecular complexity index is 666. The van der Waals surface area contributed by atoms with Gasteiger partial charge in [0.1, 0.15) is 5.60 Å². The summed E-state index contributed by atoms with van der Waals surface area (Å²) < 4.78 is 11.6. The molecule has 0 aromatic heterocycles. The summed E-state index contributed by atoms with van der Waals surface area (Å²) in [6.45, 7) is 17.4. The zero-order valence-corrected chi connectivity index (χ0v) is 20.1. The molecule has 1 unspecified atom stereocenters. The van der Waals surface area contributed by atoms with Crippen LogP contribution in [0.2, 0.25) is 18.1 Å². The maximum atomic E-state index is 12.5. The Labute approximate surface area is 173 Å². The van der Waals surface area contributed by atoms with E-state index < -0.39 is 25.6 Å². The Morgan fingerprint density at radius 3 is 2.36 bits per heavy atom. The Kier molecular flexibility index (Phi) is 6.65. The highest BCUT2D eigenvalue weighted by atomic mass is 32.2. The Morgan fingerprint density at radius 2 is 1.82 bits per heavy atom. The Balaban J connectivity index is 2.07. The number of Topliss-reactive ketones (excluding diaryl/α,β-unsaturated/α-hetero) is 1. The number of aliphatic hydroxyl groups excluding tert-OH is 1. The topological polar surface area (TPSA) is 79.3 Å². The molecule has 28 heavy (non-hydrogen) atoms. The van der Waals surface area contributed by atoms with Gasteiger partial charge in [-0.05, 0) is 38.9 Å². The van der Waals surface area contributed by atoms with Gasteiger partial charge in [0.05, 0.1) is 30.3 Å². The van der Waals surface area contributed by atoms with Crippen LogP contribution in [-0.4, -0.2) is 72.5 Å². The molecule has 0 saturated heterocycles. The van der Waals surface area contributed by atoms with Crippen molar-refractivity contribution < 1.29 is 23.9 Å². The van der Waals surface area contributed by atoms with Crippen LogP contribution in [0.5, 0.6) is 0 Å². The number of carbonyl (C=O) groups is 2. The van der Waals surface area contributed by atoms with Gasteiger partial charge in [-0.15, -0.1) is 0 Å². The van der Waals surface area contributed by atoms with E-state index in [-0.39, 0.29) is 23.9 Å². The lowest BCUT2D eigenvalue weighted by atomic mass is 10.1.